The van der Waals surface area contributed by atoms with Crippen molar-refractivity contribution < 1.29 is 14.0 Å². The third-order valence-corrected chi connectivity index (χ3v) is 3.61. The van der Waals surface area contributed by atoms with Gasteiger partial charge in [0, 0.05) is 23.9 Å². The van der Waals surface area contributed by atoms with Crippen LogP contribution in [0.3, 0.4) is 0 Å². The number of hydrazine groups is 1. The fourth-order valence-corrected chi connectivity index (χ4v) is 2.49. The zero-order chi connectivity index (χ0) is 14.1. The number of carbonyl (C=O) groups excluding carboxylic acids is 2. The molecule has 1 saturated heterocycles. The number of nitrogens with zero attached hydrogens (tertiary/aromatic N) is 1. The molecule has 2 aromatic rings. The number of hydrogen-bond donors (Lipinski definition) is 1. The molecule has 1 aliphatic rings. The Hall–Kier alpha value is -2.30. The van der Waals surface area contributed by atoms with Gasteiger partial charge in [0.1, 0.15) is 5.58 Å². The molecule has 20 heavy (non-hydrogen) atoms. The summed E-state index contributed by atoms with van der Waals surface area (Å²) in [5.74, 6) is -0.142. The average molecular weight is 272 g/mol. The second-order valence-corrected chi connectivity index (χ2v) is 5.00. The van der Waals surface area contributed by atoms with Crippen molar-refractivity contribution >= 4 is 22.8 Å². The molecular weight excluding hydrogens is 256 g/mol. The number of para-hydroxylation sites is 1. The normalized spacial score (nSPS) is 15.7. The quantitative estimate of drug-likeness (QED) is 0.913. The topological polar surface area (TPSA) is 62.6 Å². The van der Waals surface area contributed by atoms with Crippen molar-refractivity contribution in [2.45, 2.75) is 26.2 Å². The summed E-state index contributed by atoms with van der Waals surface area (Å²) in [6.07, 6.45) is 2.28. The van der Waals surface area contributed by atoms with E-state index < -0.39 is 0 Å². The second-order valence-electron chi connectivity index (χ2n) is 5.00. The van der Waals surface area contributed by atoms with Gasteiger partial charge in [-0.25, -0.2) is 0 Å². The molecule has 0 radical (unpaired) electrons. The molecule has 1 fully saturated rings. The van der Waals surface area contributed by atoms with Crippen LogP contribution in [0.2, 0.25) is 0 Å². The highest BCUT2D eigenvalue weighted by molar-refractivity contribution is 5.99. The predicted octanol–water partition coefficient (Wildman–Crippen LogP) is 2.40. The number of amides is 2. The van der Waals surface area contributed by atoms with Crippen molar-refractivity contribution in [1.29, 1.82) is 0 Å². The maximum Gasteiger partial charge on any atom is 0.305 e. The summed E-state index contributed by atoms with van der Waals surface area (Å²) in [4.78, 5) is 23.9. The largest absolute Gasteiger partial charge is 0.451 e. The number of fused-ring (bicyclic) bond motifs is 1. The lowest BCUT2D eigenvalue weighted by Crippen LogP contribution is -2.48. The molecule has 0 unspecified atom stereocenters. The van der Waals surface area contributed by atoms with E-state index >= 15 is 0 Å². The van der Waals surface area contributed by atoms with Crippen LogP contribution < -0.4 is 5.43 Å². The Morgan fingerprint density at radius 3 is 2.85 bits per heavy atom. The highest BCUT2D eigenvalue weighted by Crippen LogP contribution is 2.24. The minimum absolute atomic E-state index is 0.0432. The molecular formula is C15H16N2O3. The summed E-state index contributed by atoms with van der Waals surface area (Å²) in [6, 6.07) is 7.50. The highest BCUT2D eigenvalue weighted by atomic mass is 16.3. The van der Waals surface area contributed by atoms with E-state index in [4.69, 9.17) is 4.42 Å². The van der Waals surface area contributed by atoms with Crippen LogP contribution in [0.5, 0.6) is 0 Å². The summed E-state index contributed by atoms with van der Waals surface area (Å²) in [5, 5.41) is 2.31. The van der Waals surface area contributed by atoms with Crippen molar-refractivity contribution in [2.75, 3.05) is 6.54 Å². The van der Waals surface area contributed by atoms with Gasteiger partial charge in [-0.2, -0.15) is 0 Å². The maximum atomic E-state index is 12.3. The average Bonchev–Trinajstić information content (AvgIpc) is 2.79. The fourth-order valence-electron chi connectivity index (χ4n) is 2.49. The Bertz CT molecular complexity index is 675. The van der Waals surface area contributed by atoms with Crippen molar-refractivity contribution in [2.24, 2.45) is 0 Å². The Labute approximate surface area is 116 Å². The molecule has 2 amide bonds. The van der Waals surface area contributed by atoms with Crippen molar-refractivity contribution in [1.82, 2.24) is 10.4 Å². The summed E-state index contributed by atoms with van der Waals surface area (Å²) >= 11 is 0. The first-order chi connectivity index (χ1) is 9.66. The summed E-state index contributed by atoms with van der Waals surface area (Å²) in [7, 11) is 0. The monoisotopic (exact) mass is 272 g/mol. The predicted molar refractivity (Wildman–Crippen MR) is 74.0 cm³/mol. The molecule has 104 valence electrons. The number of rotatable bonds is 2. The van der Waals surface area contributed by atoms with Gasteiger partial charge in [0.15, 0.2) is 5.76 Å². The van der Waals surface area contributed by atoms with Gasteiger partial charge in [0.2, 0.25) is 5.91 Å². The SMILES string of the molecule is Cc1c(C(=O)NN2CCCCC2=O)oc2ccccc12. The van der Waals surface area contributed by atoms with Crippen LogP contribution in [-0.2, 0) is 4.79 Å². The maximum absolute atomic E-state index is 12.3. The van der Waals surface area contributed by atoms with Gasteiger partial charge in [0.05, 0.1) is 0 Å². The third kappa shape index (κ3) is 2.15. The molecule has 0 spiro atoms. The van der Waals surface area contributed by atoms with E-state index in [1.165, 1.54) is 5.01 Å². The number of nitrogens with one attached hydrogen (secondary N) is 1. The number of hydrogen-bond acceptors (Lipinski definition) is 3. The molecule has 5 nitrogen and oxygen atoms in total. The minimum Gasteiger partial charge on any atom is -0.451 e. The van der Waals surface area contributed by atoms with Gasteiger partial charge in [-0.3, -0.25) is 20.0 Å². The van der Waals surface area contributed by atoms with Gasteiger partial charge in [0.25, 0.3) is 0 Å². The molecule has 1 aliphatic heterocycles. The molecule has 5 heteroatoms. The van der Waals surface area contributed by atoms with Crippen LogP contribution in [0, 0.1) is 6.92 Å². The van der Waals surface area contributed by atoms with Crippen molar-refractivity contribution in [3.8, 4) is 0 Å². The molecule has 2 heterocycles. The zero-order valence-electron chi connectivity index (χ0n) is 11.3. The Morgan fingerprint density at radius 1 is 1.30 bits per heavy atom. The number of aryl methyl sites for hydroxylation is 1. The van der Waals surface area contributed by atoms with Gasteiger partial charge in [-0.1, -0.05) is 18.2 Å². The summed E-state index contributed by atoms with van der Waals surface area (Å²) < 4.78 is 5.59. The highest BCUT2D eigenvalue weighted by Gasteiger charge is 2.23. The number of benzene rings is 1. The molecule has 1 aromatic carbocycles. The first-order valence-electron chi connectivity index (χ1n) is 6.76. The molecule has 1 aromatic heterocycles. The lowest BCUT2D eigenvalue weighted by molar-refractivity contribution is -0.135. The Balaban J connectivity index is 1.85. The van der Waals surface area contributed by atoms with E-state index in [-0.39, 0.29) is 17.6 Å². The Morgan fingerprint density at radius 2 is 2.10 bits per heavy atom. The van der Waals surface area contributed by atoms with Crippen LogP contribution >= 0.6 is 0 Å². The molecule has 1 N–H and O–H groups in total. The van der Waals surface area contributed by atoms with Crippen molar-refractivity contribution in [3.05, 3.63) is 35.6 Å². The van der Waals surface area contributed by atoms with Crippen LogP contribution in [0.4, 0.5) is 0 Å². The number of piperidine rings is 1. The third-order valence-electron chi connectivity index (χ3n) is 3.61. The fraction of sp³-hybridized carbons (Fsp3) is 0.333. The first-order valence-corrected chi connectivity index (χ1v) is 6.76. The van der Waals surface area contributed by atoms with E-state index in [9.17, 15) is 9.59 Å². The van der Waals surface area contributed by atoms with E-state index in [2.05, 4.69) is 5.43 Å². The smallest absolute Gasteiger partial charge is 0.305 e. The standard InChI is InChI=1S/C15H16N2O3/c1-10-11-6-2-3-7-12(11)20-14(10)15(19)16-17-9-5-4-8-13(17)18/h2-3,6-7H,4-5,8-9H2,1H3,(H,16,19). The molecule has 0 atom stereocenters. The van der Waals surface area contributed by atoms with Crippen LogP contribution in [0.25, 0.3) is 11.0 Å². The number of carbonyl (C=O) groups is 2. The van der Waals surface area contributed by atoms with Gasteiger partial charge >= 0.3 is 5.91 Å². The Kier molecular flexibility index (Phi) is 3.18. The van der Waals surface area contributed by atoms with Crippen molar-refractivity contribution in [3.63, 3.8) is 0 Å². The van der Waals surface area contributed by atoms with E-state index in [1.807, 2.05) is 31.2 Å². The molecule has 0 aliphatic carbocycles. The lowest BCUT2D eigenvalue weighted by atomic mass is 10.1. The van der Waals surface area contributed by atoms with E-state index in [0.29, 0.717) is 18.5 Å². The second kappa shape index (κ2) is 5.00. The molecule has 3 rings (SSSR count). The summed E-state index contributed by atoms with van der Waals surface area (Å²) in [6.45, 7) is 2.41. The summed E-state index contributed by atoms with van der Waals surface area (Å²) in [5.41, 5.74) is 4.11. The van der Waals surface area contributed by atoms with Gasteiger partial charge in [-0.15, -0.1) is 0 Å². The van der Waals surface area contributed by atoms with E-state index in [0.717, 1.165) is 23.8 Å². The molecule has 0 bridgehead atoms. The van der Waals surface area contributed by atoms with Gasteiger partial charge in [-0.05, 0) is 25.8 Å². The van der Waals surface area contributed by atoms with Crippen LogP contribution in [0.1, 0.15) is 35.4 Å². The molecule has 0 saturated carbocycles. The van der Waals surface area contributed by atoms with E-state index in [1.54, 1.807) is 0 Å². The first kappa shape index (κ1) is 12.7. The van der Waals surface area contributed by atoms with Gasteiger partial charge < -0.3 is 4.42 Å². The lowest BCUT2D eigenvalue weighted by Gasteiger charge is -2.26. The van der Waals surface area contributed by atoms with Crippen LogP contribution in [0.15, 0.2) is 28.7 Å². The number of furan rings is 1. The minimum atomic E-state index is -0.367. The van der Waals surface area contributed by atoms with Crippen LogP contribution in [-0.4, -0.2) is 23.4 Å². The zero-order valence-corrected chi connectivity index (χ0v) is 11.3.